The number of nitrogens with one attached hydrogen (secondary N) is 1. The third kappa shape index (κ3) is 4.32. The second kappa shape index (κ2) is 7.09. The van der Waals surface area contributed by atoms with Crippen molar-refractivity contribution >= 4 is 33.0 Å². The van der Waals surface area contributed by atoms with E-state index in [9.17, 15) is 17.6 Å². The third-order valence-electron chi connectivity index (χ3n) is 3.67. The molecule has 0 radical (unpaired) electrons. The number of hydrogen-bond donors (Lipinski definition) is 1. The first kappa shape index (κ1) is 19.0. The minimum Gasteiger partial charge on any atom is -0.347 e. The van der Waals surface area contributed by atoms with Gasteiger partial charge in [0.15, 0.2) is 21.5 Å². The Kier molecular flexibility index (Phi) is 4.99. The largest absolute Gasteiger partial charge is 0.347 e. The van der Waals surface area contributed by atoms with Crippen molar-refractivity contribution in [3.05, 3.63) is 59.3 Å². The van der Waals surface area contributed by atoms with Crippen molar-refractivity contribution in [2.75, 3.05) is 11.6 Å². The van der Waals surface area contributed by atoms with Gasteiger partial charge in [-0.3, -0.25) is 4.79 Å². The summed E-state index contributed by atoms with van der Waals surface area (Å²) in [5.41, 5.74) is 1.06. The summed E-state index contributed by atoms with van der Waals surface area (Å²) in [4.78, 5) is 20.3. The number of carbonyl (C=O) groups excluding carboxylic acids is 1. The van der Waals surface area contributed by atoms with Gasteiger partial charge in [-0.1, -0.05) is 11.6 Å². The number of aryl methyl sites for hydroxylation is 1. The van der Waals surface area contributed by atoms with Gasteiger partial charge < -0.3 is 9.88 Å². The first-order valence-corrected chi connectivity index (χ1v) is 9.87. The van der Waals surface area contributed by atoms with E-state index in [1.54, 1.807) is 23.9 Å². The molecule has 3 rings (SSSR count). The minimum atomic E-state index is -3.48. The molecule has 0 saturated heterocycles. The molecule has 0 unspecified atom stereocenters. The van der Waals surface area contributed by atoms with E-state index < -0.39 is 21.6 Å². The first-order valence-electron chi connectivity index (χ1n) is 7.60. The summed E-state index contributed by atoms with van der Waals surface area (Å²) in [5, 5.41) is 2.79. The highest BCUT2D eigenvalue weighted by Gasteiger charge is 2.16. The molecule has 27 heavy (non-hydrogen) atoms. The average molecular weight is 409 g/mol. The van der Waals surface area contributed by atoms with Crippen LogP contribution in [0, 0.1) is 5.82 Å². The Balaban J connectivity index is 1.89. The quantitative estimate of drug-likeness (QED) is 0.716. The van der Waals surface area contributed by atoms with Crippen LogP contribution >= 0.6 is 11.6 Å². The summed E-state index contributed by atoms with van der Waals surface area (Å²) in [6.07, 6.45) is 4.68. The van der Waals surface area contributed by atoms with E-state index in [2.05, 4.69) is 15.3 Å². The van der Waals surface area contributed by atoms with Crippen LogP contribution in [0.1, 0.15) is 10.4 Å². The normalized spacial score (nSPS) is 11.4. The summed E-state index contributed by atoms with van der Waals surface area (Å²) in [7, 11) is -1.78. The molecular weight excluding hydrogens is 395 g/mol. The fraction of sp³-hybridized carbons (Fsp3) is 0.118. The molecule has 0 atom stereocenters. The zero-order chi connectivity index (χ0) is 19.8. The Bertz CT molecular complexity index is 1130. The average Bonchev–Trinajstić information content (AvgIpc) is 2.96. The standard InChI is InChI=1S/C17H14ClFN4O3S/c1-23-9-10(3-15(23)16-20-7-12(19)8-21-16)17(24)22-13-4-11(18)5-14(6-13)27(2,25)26/h3-9H,1-2H3,(H,22,24). The van der Waals surface area contributed by atoms with Gasteiger partial charge in [0.25, 0.3) is 5.91 Å². The minimum absolute atomic E-state index is 0.00115. The fourth-order valence-corrected chi connectivity index (χ4v) is 3.39. The van der Waals surface area contributed by atoms with Crippen LogP contribution in [0.25, 0.3) is 11.5 Å². The topological polar surface area (TPSA) is 94.0 Å². The van der Waals surface area contributed by atoms with Crippen LogP contribution < -0.4 is 5.32 Å². The number of amides is 1. The molecule has 0 bridgehead atoms. The Hall–Kier alpha value is -2.78. The number of hydrogen-bond acceptors (Lipinski definition) is 5. The molecule has 2 heterocycles. The molecule has 0 spiro atoms. The fourth-order valence-electron chi connectivity index (χ4n) is 2.41. The molecular formula is C17H14ClFN4O3S. The van der Waals surface area contributed by atoms with Crippen molar-refractivity contribution < 1.29 is 17.6 Å². The molecule has 1 amide bonds. The maximum atomic E-state index is 13.0. The number of aromatic nitrogens is 3. The lowest BCUT2D eigenvalue weighted by molar-refractivity contribution is 0.102. The van der Waals surface area contributed by atoms with Crippen LogP contribution in [0.15, 0.2) is 47.8 Å². The van der Waals surface area contributed by atoms with E-state index in [0.29, 0.717) is 11.3 Å². The van der Waals surface area contributed by atoms with Gasteiger partial charge in [0.1, 0.15) is 0 Å². The van der Waals surface area contributed by atoms with Crippen LogP contribution in [0.4, 0.5) is 10.1 Å². The summed E-state index contributed by atoms with van der Waals surface area (Å²) < 4.78 is 38.0. The monoisotopic (exact) mass is 408 g/mol. The highest BCUT2D eigenvalue weighted by atomic mass is 35.5. The Labute approximate surface area is 159 Å². The lowest BCUT2D eigenvalue weighted by Gasteiger charge is -2.07. The summed E-state index contributed by atoms with van der Waals surface area (Å²) >= 11 is 5.94. The van der Waals surface area contributed by atoms with Gasteiger partial charge in [0, 0.05) is 30.2 Å². The zero-order valence-electron chi connectivity index (χ0n) is 14.3. The van der Waals surface area contributed by atoms with Gasteiger partial charge in [-0.25, -0.2) is 22.8 Å². The summed E-state index contributed by atoms with van der Waals surface area (Å²) in [6, 6.07) is 5.62. The summed E-state index contributed by atoms with van der Waals surface area (Å²) in [5.74, 6) is -0.769. The van der Waals surface area contributed by atoms with E-state index in [-0.39, 0.29) is 21.4 Å². The molecule has 3 aromatic rings. The SMILES string of the molecule is Cn1cc(C(=O)Nc2cc(Cl)cc(S(C)(=O)=O)c2)cc1-c1ncc(F)cn1. The van der Waals surface area contributed by atoms with Crippen LogP contribution in [-0.2, 0) is 16.9 Å². The summed E-state index contributed by atoms with van der Waals surface area (Å²) in [6.45, 7) is 0. The van der Waals surface area contributed by atoms with Gasteiger partial charge in [0.2, 0.25) is 0 Å². The lowest BCUT2D eigenvalue weighted by atomic mass is 10.2. The Morgan fingerprint density at radius 2 is 1.85 bits per heavy atom. The molecule has 0 aliphatic carbocycles. The van der Waals surface area contributed by atoms with Crippen molar-refractivity contribution in [1.82, 2.24) is 14.5 Å². The van der Waals surface area contributed by atoms with E-state index >= 15 is 0 Å². The predicted octanol–water partition coefficient (Wildman–Crippen LogP) is 2.93. The van der Waals surface area contributed by atoms with E-state index in [1.807, 2.05) is 0 Å². The molecule has 7 nitrogen and oxygen atoms in total. The van der Waals surface area contributed by atoms with Crippen LogP contribution in [0.3, 0.4) is 0 Å². The maximum absolute atomic E-state index is 13.0. The Morgan fingerprint density at radius 1 is 1.19 bits per heavy atom. The second-order valence-corrected chi connectivity index (χ2v) is 8.30. The number of rotatable bonds is 4. The zero-order valence-corrected chi connectivity index (χ0v) is 15.8. The molecule has 2 aromatic heterocycles. The van der Waals surface area contributed by atoms with Gasteiger partial charge in [0.05, 0.1) is 28.5 Å². The van der Waals surface area contributed by atoms with Crippen molar-refractivity contribution in [1.29, 1.82) is 0 Å². The smallest absolute Gasteiger partial charge is 0.257 e. The van der Waals surface area contributed by atoms with Crippen molar-refractivity contribution in [3.63, 3.8) is 0 Å². The maximum Gasteiger partial charge on any atom is 0.257 e. The van der Waals surface area contributed by atoms with Crippen LogP contribution in [0.2, 0.25) is 5.02 Å². The van der Waals surface area contributed by atoms with Gasteiger partial charge in [-0.15, -0.1) is 0 Å². The van der Waals surface area contributed by atoms with Crippen molar-refractivity contribution in [2.24, 2.45) is 7.05 Å². The number of anilines is 1. The molecule has 10 heteroatoms. The number of halogens is 2. The molecule has 140 valence electrons. The van der Waals surface area contributed by atoms with E-state index in [1.165, 1.54) is 18.2 Å². The number of carbonyl (C=O) groups is 1. The molecule has 0 aliphatic heterocycles. The van der Waals surface area contributed by atoms with Crippen molar-refractivity contribution in [3.8, 4) is 11.5 Å². The molecule has 0 fully saturated rings. The third-order valence-corrected chi connectivity index (χ3v) is 4.98. The lowest BCUT2D eigenvalue weighted by Crippen LogP contribution is -2.11. The van der Waals surface area contributed by atoms with E-state index in [4.69, 9.17) is 11.6 Å². The van der Waals surface area contributed by atoms with Gasteiger partial charge in [-0.05, 0) is 24.3 Å². The second-order valence-electron chi connectivity index (χ2n) is 5.85. The van der Waals surface area contributed by atoms with Crippen LogP contribution in [-0.4, -0.2) is 35.1 Å². The first-order chi connectivity index (χ1) is 12.6. The highest BCUT2D eigenvalue weighted by molar-refractivity contribution is 7.90. The predicted molar refractivity (Wildman–Crippen MR) is 98.9 cm³/mol. The molecule has 1 N–H and O–H groups in total. The number of nitrogens with zero attached hydrogens (tertiary/aromatic N) is 3. The number of sulfone groups is 1. The molecule has 1 aromatic carbocycles. The van der Waals surface area contributed by atoms with E-state index in [0.717, 1.165) is 18.6 Å². The Morgan fingerprint density at radius 3 is 2.48 bits per heavy atom. The van der Waals surface area contributed by atoms with Gasteiger partial charge in [-0.2, -0.15) is 0 Å². The molecule has 0 saturated carbocycles. The number of benzene rings is 1. The van der Waals surface area contributed by atoms with Crippen molar-refractivity contribution in [2.45, 2.75) is 4.90 Å². The highest BCUT2D eigenvalue weighted by Crippen LogP contribution is 2.24. The van der Waals surface area contributed by atoms with Gasteiger partial charge >= 0.3 is 0 Å². The van der Waals surface area contributed by atoms with Crippen LogP contribution in [0.5, 0.6) is 0 Å². The molecule has 0 aliphatic rings.